The van der Waals surface area contributed by atoms with E-state index in [9.17, 15) is 9.18 Å². The fourth-order valence-electron chi connectivity index (χ4n) is 2.12. The number of hydrogen-bond donors (Lipinski definition) is 1. The number of benzene rings is 2. The van der Waals surface area contributed by atoms with E-state index in [2.05, 4.69) is 9.97 Å². The van der Waals surface area contributed by atoms with E-state index in [1.54, 1.807) is 18.3 Å². The summed E-state index contributed by atoms with van der Waals surface area (Å²) >= 11 is 0. The van der Waals surface area contributed by atoms with Gasteiger partial charge in [-0.1, -0.05) is 42.5 Å². The smallest absolute Gasteiger partial charge is 0.270 e. The van der Waals surface area contributed by atoms with Crippen LogP contribution >= 0.6 is 0 Å². The minimum Gasteiger partial charge on any atom is -0.325 e. The number of nitrogens with zero attached hydrogens (tertiary/aromatic N) is 1. The van der Waals surface area contributed by atoms with Gasteiger partial charge >= 0.3 is 0 Å². The number of aromatic nitrogens is 2. The lowest BCUT2D eigenvalue weighted by molar-refractivity contribution is 0.627. The summed E-state index contributed by atoms with van der Waals surface area (Å²) < 4.78 is 12.9. The second-order valence-electron chi connectivity index (χ2n) is 4.73. The third-order valence-corrected chi connectivity index (χ3v) is 3.21. The Balaban J connectivity index is 1.95. The van der Waals surface area contributed by atoms with Crippen LogP contribution in [-0.2, 0) is 6.42 Å². The van der Waals surface area contributed by atoms with Gasteiger partial charge < -0.3 is 4.98 Å². The summed E-state index contributed by atoms with van der Waals surface area (Å²) in [6.07, 6.45) is 1.97. The predicted molar refractivity (Wildman–Crippen MR) is 79.5 cm³/mol. The van der Waals surface area contributed by atoms with E-state index in [1.165, 1.54) is 12.1 Å². The second kappa shape index (κ2) is 5.71. The molecule has 0 radical (unpaired) electrons. The van der Waals surface area contributed by atoms with Crippen molar-refractivity contribution in [3.63, 3.8) is 0 Å². The minimum absolute atomic E-state index is 0.223. The van der Waals surface area contributed by atoms with Crippen molar-refractivity contribution >= 4 is 0 Å². The molecule has 0 aliphatic heterocycles. The summed E-state index contributed by atoms with van der Waals surface area (Å²) in [5, 5.41) is 0. The first-order chi connectivity index (χ1) is 10.2. The fourth-order valence-corrected chi connectivity index (χ4v) is 2.12. The molecule has 0 atom stereocenters. The molecule has 0 saturated heterocycles. The number of nitrogens with one attached hydrogen (secondary N) is 1. The van der Waals surface area contributed by atoms with Gasteiger partial charge in [-0.2, -0.15) is 0 Å². The zero-order valence-electron chi connectivity index (χ0n) is 11.2. The predicted octanol–water partition coefficient (Wildman–Crippen LogP) is 3.17. The highest BCUT2D eigenvalue weighted by molar-refractivity contribution is 5.57. The van der Waals surface area contributed by atoms with Crippen LogP contribution in [0, 0.1) is 5.82 Å². The van der Waals surface area contributed by atoms with Crippen LogP contribution < -0.4 is 5.56 Å². The summed E-state index contributed by atoms with van der Waals surface area (Å²) in [6, 6.07) is 15.7. The van der Waals surface area contributed by atoms with Crippen LogP contribution in [0.4, 0.5) is 4.39 Å². The first-order valence-corrected chi connectivity index (χ1v) is 6.61. The Hall–Kier alpha value is -2.75. The molecule has 0 saturated carbocycles. The van der Waals surface area contributed by atoms with Gasteiger partial charge in [0.1, 0.15) is 11.5 Å². The SMILES string of the molecule is O=c1[nH]cc(-c2ccccc2)nc1Cc1ccc(F)cc1. The van der Waals surface area contributed by atoms with Gasteiger partial charge in [0, 0.05) is 18.2 Å². The third kappa shape index (κ3) is 3.05. The first kappa shape index (κ1) is 13.2. The maximum atomic E-state index is 12.9. The van der Waals surface area contributed by atoms with Crippen LogP contribution in [0.25, 0.3) is 11.3 Å². The molecule has 1 heterocycles. The molecule has 0 aliphatic rings. The molecular weight excluding hydrogens is 267 g/mol. The van der Waals surface area contributed by atoms with Gasteiger partial charge in [-0.25, -0.2) is 9.37 Å². The van der Waals surface area contributed by atoms with Crippen molar-refractivity contribution in [1.82, 2.24) is 9.97 Å². The Labute approximate surface area is 121 Å². The third-order valence-electron chi connectivity index (χ3n) is 3.21. The van der Waals surface area contributed by atoms with Crippen molar-refractivity contribution in [3.05, 3.63) is 88.2 Å². The zero-order valence-corrected chi connectivity index (χ0v) is 11.2. The highest BCUT2D eigenvalue weighted by atomic mass is 19.1. The van der Waals surface area contributed by atoms with Gasteiger partial charge in [-0.3, -0.25) is 4.79 Å². The zero-order chi connectivity index (χ0) is 14.7. The average Bonchev–Trinajstić information content (AvgIpc) is 2.52. The maximum absolute atomic E-state index is 12.9. The van der Waals surface area contributed by atoms with E-state index in [1.807, 2.05) is 30.3 Å². The fraction of sp³-hybridized carbons (Fsp3) is 0.0588. The van der Waals surface area contributed by atoms with Crippen LogP contribution in [0.1, 0.15) is 11.3 Å². The van der Waals surface area contributed by atoms with Crippen LogP contribution in [0.3, 0.4) is 0 Å². The molecule has 0 unspecified atom stereocenters. The molecule has 1 aromatic heterocycles. The van der Waals surface area contributed by atoms with Gasteiger partial charge in [0.25, 0.3) is 5.56 Å². The van der Waals surface area contributed by atoms with Crippen molar-refractivity contribution in [2.75, 3.05) is 0 Å². The number of H-pyrrole nitrogens is 1. The minimum atomic E-state index is -0.293. The Morgan fingerprint density at radius 2 is 1.71 bits per heavy atom. The summed E-state index contributed by atoms with van der Waals surface area (Å²) in [7, 11) is 0. The van der Waals surface area contributed by atoms with Gasteiger partial charge in [-0.15, -0.1) is 0 Å². The van der Waals surface area contributed by atoms with Crippen LogP contribution in [0.2, 0.25) is 0 Å². The lowest BCUT2D eigenvalue weighted by Crippen LogP contribution is -2.15. The van der Waals surface area contributed by atoms with Gasteiger partial charge in [0.15, 0.2) is 0 Å². The number of aromatic amines is 1. The van der Waals surface area contributed by atoms with Crippen molar-refractivity contribution in [2.45, 2.75) is 6.42 Å². The Morgan fingerprint density at radius 1 is 1.00 bits per heavy atom. The number of rotatable bonds is 3. The molecule has 0 spiro atoms. The van der Waals surface area contributed by atoms with Gasteiger partial charge in [0.2, 0.25) is 0 Å². The largest absolute Gasteiger partial charge is 0.325 e. The summed E-state index contributed by atoms with van der Waals surface area (Å²) in [5.41, 5.74) is 2.70. The molecular formula is C17H13FN2O. The van der Waals surface area contributed by atoms with E-state index >= 15 is 0 Å². The Kier molecular flexibility index (Phi) is 3.60. The van der Waals surface area contributed by atoms with Gasteiger partial charge in [0.05, 0.1) is 5.69 Å². The Bertz CT molecular complexity index is 795. The average molecular weight is 280 g/mol. The molecule has 3 rings (SSSR count). The van der Waals surface area contributed by atoms with Crippen LogP contribution in [0.15, 0.2) is 65.6 Å². The van der Waals surface area contributed by atoms with Crippen molar-refractivity contribution in [2.24, 2.45) is 0 Å². The summed E-state index contributed by atoms with van der Waals surface area (Å²) in [6.45, 7) is 0. The highest BCUT2D eigenvalue weighted by Crippen LogP contribution is 2.15. The molecule has 0 bridgehead atoms. The van der Waals surface area contributed by atoms with Crippen LogP contribution in [0.5, 0.6) is 0 Å². The van der Waals surface area contributed by atoms with E-state index in [4.69, 9.17) is 0 Å². The van der Waals surface area contributed by atoms with Crippen molar-refractivity contribution in [1.29, 1.82) is 0 Å². The molecule has 2 aromatic carbocycles. The highest BCUT2D eigenvalue weighted by Gasteiger charge is 2.07. The first-order valence-electron chi connectivity index (χ1n) is 6.61. The van der Waals surface area contributed by atoms with Gasteiger partial charge in [-0.05, 0) is 17.7 Å². The second-order valence-corrected chi connectivity index (χ2v) is 4.73. The molecule has 3 aromatic rings. The normalized spacial score (nSPS) is 10.5. The lowest BCUT2D eigenvalue weighted by Gasteiger charge is -2.04. The van der Waals surface area contributed by atoms with Crippen LogP contribution in [-0.4, -0.2) is 9.97 Å². The molecule has 21 heavy (non-hydrogen) atoms. The molecule has 0 aliphatic carbocycles. The van der Waals surface area contributed by atoms with Crippen molar-refractivity contribution in [3.8, 4) is 11.3 Å². The standard InChI is InChI=1S/C17H13FN2O/c18-14-8-6-12(7-9-14)10-15-17(21)19-11-16(20-15)13-4-2-1-3-5-13/h1-9,11H,10H2,(H,19,21). The maximum Gasteiger partial charge on any atom is 0.270 e. The molecule has 3 nitrogen and oxygen atoms in total. The monoisotopic (exact) mass is 280 g/mol. The van der Waals surface area contributed by atoms with E-state index in [0.29, 0.717) is 17.8 Å². The molecule has 0 amide bonds. The Morgan fingerprint density at radius 3 is 2.43 bits per heavy atom. The topological polar surface area (TPSA) is 45.8 Å². The molecule has 4 heteroatoms. The lowest BCUT2D eigenvalue weighted by atomic mass is 10.1. The molecule has 104 valence electrons. The van der Waals surface area contributed by atoms with E-state index in [0.717, 1.165) is 11.1 Å². The summed E-state index contributed by atoms with van der Waals surface area (Å²) in [5.74, 6) is -0.293. The van der Waals surface area contributed by atoms with E-state index < -0.39 is 0 Å². The molecule has 0 fully saturated rings. The van der Waals surface area contributed by atoms with E-state index in [-0.39, 0.29) is 11.4 Å². The van der Waals surface area contributed by atoms with Crippen molar-refractivity contribution < 1.29 is 4.39 Å². The molecule has 1 N–H and O–H groups in total. The number of halogens is 1. The summed E-state index contributed by atoms with van der Waals surface area (Å²) in [4.78, 5) is 19.0. The number of hydrogen-bond acceptors (Lipinski definition) is 2. The quantitative estimate of drug-likeness (QED) is 0.801.